The minimum atomic E-state index is -0.718. The molecule has 1 aliphatic rings. The molecule has 0 spiro atoms. The highest BCUT2D eigenvalue weighted by Gasteiger charge is 2.15. The van der Waals surface area contributed by atoms with E-state index in [1.807, 2.05) is 6.92 Å². The van der Waals surface area contributed by atoms with Gasteiger partial charge in [-0.25, -0.2) is 0 Å². The zero-order valence-corrected chi connectivity index (χ0v) is 5.90. The van der Waals surface area contributed by atoms with Crippen molar-refractivity contribution in [3.8, 4) is 0 Å². The smallest absolute Gasteiger partial charge is 0.175 e. The third-order valence-electron chi connectivity index (χ3n) is 1.28. The molecule has 0 aromatic heterocycles. The summed E-state index contributed by atoms with van der Waals surface area (Å²) in [6.07, 6.45) is 4.16. The molecule has 0 saturated carbocycles. The SMILES string of the molecule is CCOC1C=CC=NC1O. The van der Waals surface area contributed by atoms with Crippen LogP contribution in [-0.2, 0) is 4.74 Å². The fraction of sp³-hybridized carbons (Fsp3) is 0.571. The normalized spacial score (nSPS) is 31.0. The Morgan fingerprint density at radius 2 is 2.50 bits per heavy atom. The molecule has 1 N–H and O–H groups in total. The topological polar surface area (TPSA) is 41.8 Å². The summed E-state index contributed by atoms with van der Waals surface area (Å²) < 4.78 is 5.14. The van der Waals surface area contributed by atoms with E-state index in [9.17, 15) is 0 Å². The summed E-state index contributed by atoms with van der Waals surface area (Å²) >= 11 is 0. The van der Waals surface area contributed by atoms with Crippen LogP contribution in [0.3, 0.4) is 0 Å². The van der Waals surface area contributed by atoms with E-state index in [1.54, 1.807) is 18.4 Å². The Kier molecular flexibility index (Phi) is 2.59. The van der Waals surface area contributed by atoms with Gasteiger partial charge in [0.05, 0.1) is 0 Å². The van der Waals surface area contributed by atoms with Gasteiger partial charge in [0.15, 0.2) is 6.23 Å². The summed E-state index contributed by atoms with van der Waals surface area (Å²) in [6, 6.07) is 0. The lowest BCUT2D eigenvalue weighted by atomic mass is 10.2. The zero-order valence-electron chi connectivity index (χ0n) is 5.90. The molecule has 0 fully saturated rings. The van der Waals surface area contributed by atoms with Gasteiger partial charge in [-0.05, 0) is 19.1 Å². The second-order valence-electron chi connectivity index (χ2n) is 2.02. The molecule has 3 heteroatoms. The van der Waals surface area contributed by atoms with E-state index < -0.39 is 6.23 Å². The second-order valence-corrected chi connectivity index (χ2v) is 2.02. The van der Waals surface area contributed by atoms with E-state index in [0.717, 1.165) is 0 Å². The Balaban J connectivity index is 2.44. The van der Waals surface area contributed by atoms with Crippen LogP contribution in [0.5, 0.6) is 0 Å². The predicted molar refractivity (Wildman–Crippen MR) is 39.1 cm³/mol. The Morgan fingerprint density at radius 3 is 3.10 bits per heavy atom. The molecule has 2 atom stereocenters. The first-order valence-corrected chi connectivity index (χ1v) is 3.34. The average Bonchev–Trinajstić information content (AvgIpc) is 1.94. The summed E-state index contributed by atoms with van der Waals surface area (Å²) in [6.45, 7) is 2.49. The third-order valence-corrected chi connectivity index (χ3v) is 1.28. The summed E-state index contributed by atoms with van der Waals surface area (Å²) in [5.41, 5.74) is 0. The van der Waals surface area contributed by atoms with E-state index in [1.165, 1.54) is 0 Å². The minimum absolute atomic E-state index is 0.255. The van der Waals surface area contributed by atoms with Gasteiger partial charge < -0.3 is 9.84 Å². The number of ether oxygens (including phenoxy) is 1. The number of nitrogens with zero attached hydrogens (tertiary/aromatic N) is 1. The van der Waals surface area contributed by atoms with Crippen LogP contribution in [0.15, 0.2) is 17.1 Å². The molecule has 0 amide bonds. The number of dihydropyridines is 1. The number of aliphatic hydroxyl groups is 1. The van der Waals surface area contributed by atoms with Gasteiger partial charge in [-0.2, -0.15) is 0 Å². The standard InChI is InChI=1S/C7H11NO2/c1-2-10-6-4-3-5-8-7(6)9/h3-7,9H,2H2,1H3. The van der Waals surface area contributed by atoms with E-state index in [2.05, 4.69) is 4.99 Å². The van der Waals surface area contributed by atoms with Gasteiger partial charge in [-0.1, -0.05) is 0 Å². The van der Waals surface area contributed by atoms with Gasteiger partial charge in [0.25, 0.3) is 0 Å². The first kappa shape index (κ1) is 7.44. The maximum atomic E-state index is 9.13. The summed E-state index contributed by atoms with van der Waals surface area (Å²) in [5.74, 6) is 0. The largest absolute Gasteiger partial charge is 0.370 e. The van der Waals surface area contributed by atoms with Crippen LogP contribution in [0.2, 0.25) is 0 Å². The third kappa shape index (κ3) is 1.65. The van der Waals surface area contributed by atoms with Crippen molar-refractivity contribution in [3.05, 3.63) is 12.2 Å². The van der Waals surface area contributed by atoms with Crippen LogP contribution in [0, 0.1) is 0 Å². The molecule has 1 rings (SSSR count). The van der Waals surface area contributed by atoms with Crippen molar-refractivity contribution in [2.75, 3.05) is 6.61 Å². The van der Waals surface area contributed by atoms with Crippen molar-refractivity contribution in [2.24, 2.45) is 4.99 Å². The lowest BCUT2D eigenvalue weighted by molar-refractivity contribution is -0.000718. The zero-order chi connectivity index (χ0) is 7.40. The van der Waals surface area contributed by atoms with Gasteiger partial charge in [0.2, 0.25) is 0 Å². The van der Waals surface area contributed by atoms with E-state index in [-0.39, 0.29) is 6.10 Å². The van der Waals surface area contributed by atoms with Crippen LogP contribution in [0.25, 0.3) is 0 Å². The Morgan fingerprint density at radius 1 is 1.70 bits per heavy atom. The number of hydrogen-bond donors (Lipinski definition) is 1. The van der Waals surface area contributed by atoms with Gasteiger partial charge >= 0.3 is 0 Å². The fourth-order valence-corrected chi connectivity index (χ4v) is 0.815. The molecule has 1 aliphatic heterocycles. The molecule has 0 bridgehead atoms. The number of rotatable bonds is 2. The number of hydrogen-bond acceptors (Lipinski definition) is 3. The maximum Gasteiger partial charge on any atom is 0.175 e. The number of aliphatic hydroxyl groups excluding tert-OH is 1. The highest BCUT2D eigenvalue weighted by Crippen LogP contribution is 2.05. The van der Waals surface area contributed by atoms with Crippen molar-refractivity contribution in [1.29, 1.82) is 0 Å². The van der Waals surface area contributed by atoms with Crippen molar-refractivity contribution in [1.82, 2.24) is 0 Å². The molecule has 0 radical (unpaired) electrons. The first-order valence-electron chi connectivity index (χ1n) is 3.34. The monoisotopic (exact) mass is 141 g/mol. The molecule has 10 heavy (non-hydrogen) atoms. The molecule has 0 aromatic carbocycles. The van der Waals surface area contributed by atoms with Gasteiger partial charge in [-0.3, -0.25) is 4.99 Å². The molecular weight excluding hydrogens is 130 g/mol. The quantitative estimate of drug-likeness (QED) is 0.603. The molecule has 0 aliphatic carbocycles. The fourth-order valence-electron chi connectivity index (χ4n) is 0.815. The van der Waals surface area contributed by atoms with E-state index in [0.29, 0.717) is 6.61 Å². The Hall–Kier alpha value is -0.670. The van der Waals surface area contributed by atoms with Crippen LogP contribution < -0.4 is 0 Å². The molecule has 56 valence electrons. The lowest BCUT2D eigenvalue weighted by Gasteiger charge is -2.17. The highest BCUT2D eigenvalue weighted by atomic mass is 16.5. The predicted octanol–water partition coefficient (Wildman–Crippen LogP) is 0.350. The Bertz CT molecular complexity index is 154. The molecule has 1 heterocycles. The first-order chi connectivity index (χ1) is 4.84. The summed E-state index contributed by atoms with van der Waals surface area (Å²) in [4.78, 5) is 3.75. The molecule has 0 aromatic rings. The molecular formula is C7H11NO2. The Labute approximate surface area is 60.0 Å². The van der Waals surface area contributed by atoms with Crippen molar-refractivity contribution in [3.63, 3.8) is 0 Å². The number of aliphatic imine (C=N–C) groups is 1. The van der Waals surface area contributed by atoms with Crippen molar-refractivity contribution in [2.45, 2.75) is 19.3 Å². The second kappa shape index (κ2) is 3.49. The summed E-state index contributed by atoms with van der Waals surface area (Å²) in [5, 5.41) is 9.13. The highest BCUT2D eigenvalue weighted by molar-refractivity contribution is 5.72. The lowest BCUT2D eigenvalue weighted by Crippen LogP contribution is -2.27. The van der Waals surface area contributed by atoms with Gasteiger partial charge in [-0.15, -0.1) is 0 Å². The van der Waals surface area contributed by atoms with E-state index in [4.69, 9.17) is 9.84 Å². The molecule has 3 nitrogen and oxygen atoms in total. The minimum Gasteiger partial charge on any atom is -0.370 e. The van der Waals surface area contributed by atoms with Crippen LogP contribution >= 0.6 is 0 Å². The summed E-state index contributed by atoms with van der Waals surface area (Å²) in [7, 11) is 0. The van der Waals surface area contributed by atoms with Gasteiger partial charge in [0.1, 0.15) is 6.10 Å². The van der Waals surface area contributed by atoms with Crippen LogP contribution in [0.1, 0.15) is 6.92 Å². The average molecular weight is 141 g/mol. The maximum absolute atomic E-state index is 9.13. The molecule has 0 saturated heterocycles. The van der Waals surface area contributed by atoms with Gasteiger partial charge in [0, 0.05) is 12.8 Å². The van der Waals surface area contributed by atoms with Crippen molar-refractivity contribution >= 4 is 6.21 Å². The number of allylic oxidation sites excluding steroid dienone is 1. The van der Waals surface area contributed by atoms with Crippen LogP contribution in [-0.4, -0.2) is 30.3 Å². The van der Waals surface area contributed by atoms with Crippen LogP contribution in [0.4, 0.5) is 0 Å². The van der Waals surface area contributed by atoms with E-state index >= 15 is 0 Å². The molecule has 2 unspecified atom stereocenters. The van der Waals surface area contributed by atoms with Crippen molar-refractivity contribution < 1.29 is 9.84 Å².